The van der Waals surface area contributed by atoms with Crippen LogP contribution in [-0.2, 0) is 27.8 Å². The average Bonchev–Trinajstić information content (AvgIpc) is 3.59. The zero-order chi connectivity index (χ0) is 24.3. The van der Waals surface area contributed by atoms with Crippen molar-refractivity contribution in [3.8, 4) is 0 Å². The minimum absolute atomic E-state index is 0.0526. The van der Waals surface area contributed by atoms with Gasteiger partial charge in [0.15, 0.2) is 0 Å². The second kappa shape index (κ2) is 8.09. The maximum Gasteiger partial charge on any atom is 0.410 e. The third-order valence-electron chi connectivity index (χ3n) is 7.00. The summed E-state index contributed by atoms with van der Waals surface area (Å²) in [6.45, 7) is 8.62. The lowest BCUT2D eigenvalue weighted by Crippen LogP contribution is -2.44. The molecule has 9 heteroatoms. The van der Waals surface area contributed by atoms with E-state index in [4.69, 9.17) is 4.74 Å². The van der Waals surface area contributed by atoms with E-state index in [1.165, 1.54) is 5.56 Å². The molecule has 34 heavy (non-hydrogen) atoms. The van der Waals surface area contributed by atoms with Crippen LogP contribution in [-0.4, -0.2) is 64.5 Å². The molecule has 8 nitrogen and oxygen atoms in total. The first-order chi connectivity index (χ1) is 15.9. The van der Waals surface area contributed by atoms with Gasteiger partial charge in [-0.25, -0.2) is 13.2 Å². The SMILES string of the molecule is CC(C)(C)OC(=O)N(CC1(CN2Cc3cn(S(C)(=O)=O)nc3C2)CC1)[C@H]1CC1c1ccccc1. The number of hydrogen-bond donors (Lipinski definition) is 0. The van der Waals surface area contributed by atoms with Gasteiger partial charge >= 0.3 is 6.09 Å². The number of aromatic nitrogens is 2. The van der Waals surface area contributed by atoms with Gasteiger partial charge in [-0.1, -0.05) is 30.3 Å². The summed E-state index contributed by atoms with van der Waals surface area (Å²) in [4.78, 5) is 17.6. The van der Waals surface area contributed by atoms with Crippen molar-refractivity contribution in [1.82, 2.24) is 19.0 Å². The molecule has 0 spiro atoms. The Hall–Kier alpha value is -2.39. The predicted molar refractivity (Wildman–Crippen MR) is 129 cm³/mol. The molecule has 0 radical (unpaired) electrons. The Morgan fingerprint density at radius 3 is 2.50 bits per heavy atom. The molecule has 2 heterocycles. The molecule has 1 aromatic heterocycles. The lowest BCUT2D eigenvalue weighted by Gasteiger charge is -2.32. The van der Waals surface area contributed by atoms with Crippen LogP contribution in [0.3, 0.4) is 0 Å². The summed E-state index contributed by atoms with van der Waals surface area (Å²) in [5.74, 6) is 0.358. The average molecular weight is 487 g/mol. The molecule has 2 saturated carbocycles. The van der Waals surface area contributed by atoms with Crippen molar-refractivity contribution < 1.29 is 17.9 Å². The van der Waals surface area contributed by atoms with Gasteiger partial charge in [0.1, 0.15) is 5.60 Å². The van der Waals surface area contributed by atoms with Crippen LogP contribution in [0.15, 0.2) is 36.5 Å². The van der Waals surface area contributed by atoms with Gasteiger partial charge in [0.25, 0.3) is 10.0 Å². The van der Waals surface area contributed by atoms with Crippen molar-refractivity contribution in [1.29, 1.82) is 0 Å². The molecule has 5 rings (SSSR count). The molecule has 1 unspecified atom stereocenters. The largest absolute Gasteiger partial charge is 0.444 e. The first kappa shape index (κ1) is 23.4. The van der Waals surface area contributed by atoms with E-state index >= 15 is 0 Å². The molecule has 184 valence electrons. The molecule has 0 N–H and O–H groups in total. The Morgan fingerprint density at radius 1 is 1.21 bits per heavy atom. The molecule has 2 atom stereocenters. The smallest absolute Gasteiger partial charge is 0.410 e. The fourth-order valence-electron chi connectivity index (χ4n) is 5.08. The normalized spacial score (nSPS) is 23.4. The topological polar surface area (TPSA) is 84.7 Å². The molecule has 2 fully saturated rings. The summed E-state index contributed by atoms with van der Waals surface area (Å²) in [7, 11) is -3.36. The number of nitrogens with zero attached hydrogens (tertiary/aromatic N) is 4. The fourth-order valence-corrected chi connectivity index (χ4v) is 5.64. The Balaban J connectivity index is 1.27. The summed E-state index contributed by atoms with van der Waals surface area (Å²) in [5.41, 5.74) is 2.59. The number of fused-ring (bicyclic) bond motifs is 1. The Kier molecular flexibility index (Phi) is 5.55. The summed E-state index contributed by atoms with van der Waals surface area (Å²) in [6, 6.07) is 10.6. The van der Waals surface area contributed by atoms with Crippen LogP contribution in [0.2, 0.25) is 0 Å². The Labute approximate surface area is 201 Å². The van der Waals surface area contributed by atoms with Gasteiger partial charge < -0.3 is 9.64 Å². The Morgan fingerprint density at radius 2 is 1.91 bits per heavy atom. The van der Waals surface area contributed by atoms with Crippen LogP contribution in [0.4, 0.5) is 4.79 Å². The maximum atomic E-state index is 13.2. The summed E-state index contributed by atoms with van der Waals surface area (Å²) in [6.07, 6.45) is 5.69. The van der Waals surface area contributed by atoms with Gasteiger partial charge in [-0.15, -0.1) is 0 Å². The van der Waals surface area contributed by atoms with Crippen LogP contribution in [0.25, 0.3) is 0 Å². The van der Waals surface area contributed by atoms with Crippen LogP contribution < -0.4 is 0 Å². The molecule has 0 bridgehead atoms. The van der Waals surface area contributed by atoms with Gasteiger partial charge in [-0.05, 0) is 45.6 Å². The summed E-state index contributed by atoms with van der Waals surface area (Å²) in [5, 5.41) is 4.28. The monoisotopic (exact) mass is 486 g/mol. The van der Waals surface area contributed by atoms with E-state index in [-0.39, 0.29) is 17.6 Å². The lowest BCUT2D eigenvalue weighted by atomic mass is 10.1. The lowest BCUT2D eigenvalue weighted by molar-refractivity contribution is 0.0170. The molecule has 0 saturated heterocycles. The van der Waals surface area contributed by atoms with Gasteiger partial charge in [-0.3, -0.25) is 4.90 Å². The maximum absolute atomic E-state index is 13.2. The highest BCUT2D eigenvalue weighted by Gasteiger charge is 2.53. The summed E-state index contributed by atoms with van der Waals surface area (Å²) >= 11 is 0. The second-order valence-corrected chi connectivity index (χ2v) is 13.2. The first-order valence-corrected chi connectivity index (χ1v) is 13.8. The first-order valence-electron chi connectivity index (χ1n) is 12.0. The van der Waals surface area contributed by atoms with Gasteiger partial charge in [-0.2, -0.15) is 9.19 Å². The van der Waals surface area contributed by atoms with E-state index in [0.29, 0.717) is 25.6 Å². The van der Waals surface area contributed by atoms with Gasteiger partial charge in [0.2, 0.25) is 0 Å². The van der Waals surface area contributed by atoms with Crippen molar-refractivity contribution in [2.24, 2.45) is 5.41 Å². The molecule has 3 aliphatic rings. The zero-order valence-electron chi connectivity index (χ0n) is 20.4. The minimum Gasteiger partial charge on any atom is -0.444 e. The number of ether oxygens (including phenoxy) is 1. The van der Waals surface area contributed by atoms with E-state index in [1.54, 1.807) is 6.20 Å². The molecule has 2 aliphatic carbocycles. The molecular formula is C25H34N4O4S. The van der Waals surface area contributed by atoms with Gasteiger partial charge in [0.05, 0.1) is 11.9 Å². The number of rotatable bonds is 7. The highest BCUT2D eigenvalue weighted by molar-refractivity contribution is 7.89. The fraction of sp³-hybridized carbons (Fsp3) is 0.600. The van der Waals surface area contributed by atoms with Crippen molar-refractivity contribution in [3.05, 3.63) is 53.3 Å². The van der Waals surface area contributed by atoms with E-state index in [1.807, 2.05) is 31.7 Å². The predicted octanol–water partition coefficient (Wildman–Crippen LogP) is 3.58. The van der Waals surface area contributed by atoms with Gasteiger partial charge in [0, 0.05) is 55.3 Å². The summed E-state index contributed by atoms with van der Waals surface area (Å²) < 4.78 is 30.4. The number of carbonyl (C=O) groups excluding carboxylic acids is 1. The molecule has 2 aromatic rings. The van der Waals surface area contributed by atoms with E-state index in [0.717, 1.165) is 47.4 Å². The standard InChI is InChI=1S/C25H34N4O4S/c1-24(2,3)33-23(30)28(22-12-20(22)18-8-6-5-7-9-18)17-25(10-11-25)16-27-13-19-14-29(34(4,31)32)26-21(19)15-27/h5-9,14,20,22H,10-13,15-17H2,1-4H3/t20?,22-/m0/s1. The van der Waals surface area contributed by atoms with E-state index < -0.39 is 15.6 Å². The second-order valence-electron chi connectivity index (χ2n) is 11.3. The quantitative estimate of drug-likeness (QED) is 0.595. The molecule has 1 amide bonds. The molecule has 1 aliphatic heterocycles. The zero-order valence-corrected chi connectivity index (χ0v) is 21.2. The Bertz CT molecular complexity index is 1160. The van der Waals surface area contributed by atoms with Crippen molar-refractivity contribution in [3.63, 3.8) is 0 Å². The van der Waals surface area contributed by atoms with Crippen LogP contribution in [0, 0.1) is 5.41 Å². The third-order valence-corrected chi connectivity index (χ3v) is 7.86. The van der Waals surface area contributed by atoms with Crippen molar-refractivity contribution in [2.45, 2.75) is 70.7 Å². The molecular weight excluding hydrogens is 452 g/mol. The minimum atomic E-state index is -3.36. The van der Waals surface area contributed by atoms with Crippen LogP contribution in [0.1, 0.15) is 62.8 Å². The van der Waals surface area contributed by atoms with Crippen molar-refractivity contribution >= 4 is 16.1 Å². The highest BCUT2D eigenvalue weighted by Crippen LogP contribution is 2.52. The van der Waals surface area contributed by atoms with Crippen LogP contribution >= 0.6 is 0 Å². The van der Waals surface area contributed by atoms with E-state index in [2.05, 4.69) is 34.3 Å². The molecule has 1 aromatic carbocycles. The number of carbonyl (C=O) groups is 1. The number of hydrogen-bond acceptors (Lipinski definition) is 6. The van der Waals surface area contributed by atoms with Crippen molar-refractivity contribution in [2.75, 3.05) is 19.3 Å². The highest BCUT2D eigenvalue weighted by atomic mass is 32.2. The number of benzene rings is 1. The van der Waals surface area contributed by atoms with E-state index in [9.17, 15) is 13.2 Å². The van der Waals surface area contributed by atoms with Crippen LogP contribution in [0.5, 0.6) is 0 Å². The third kappa shape index (κ3) is 5.00. The number of amides is 1.